The molecule has 2 saturated heterocycles. The molecule has 1 aromatic carbocycles. The van der Waals surface area contributed by atoms with E-state index in [4.69, 9.17) is 0 Å². The summed E-state index contributed by atoms with van der Waals surface area (Å²) in [6.45, 7) is 6.27. The zero-order chi connectivity index (χ0) is 25.1. The minimum Gasteiger partial charge on any atom is -0.352 e. The number of benzene rings is 1. The third-order valence-corrected chi connectivity index (χ3v) is 6.33. The zero-order valence-corrected chi connectivity index (χ0v) is 19.9. The number of nitrogens with one attached hydrogen (secondary N) is 2. The Hall–Kier alpha value is -4.59. The van der Waals surface area contributed by atoms with Crippen molar-refractivity contribution in [2.45, 2.75) is 12.5 Å². The van der Waals surface area contributed by atoms with Crippen LogP contribution >= 0.6 is 0 Å². The van der Waals surface area contributed by atoms with Gasteiger partial charge in [0.05, 0.1) is 12.0 Å². The van der Waals surface area contributed by atoms with Crippen LogP contribution in [0.15, 0.2) is 48.2 Å². The van der Waals surface area contributed by atoms with E-state index in [-0.39, 0.29) is 17.9 Å². The van der Waals surface area contributed by atoms with Crippen LogP contribution in [0.5, 0.6) is 0 Å². The van der Waals surface area contributed by atoms with Crippen LogP contribution in [-0.2, 0) is 4.79 Å². The van der Waals surface area contributed by atoms with Crippen LogP contribution in [0, 0.1) is 17.2 Å². The molecular weight excluding hydrogens is 456 g/mol. The number of carbonyl (C=O) groups is 1. The molecule has 0 saturated carbocycles. The van der Waals surface area contributed by atoms with Gasteiger partial charge in [-0.2, -0.15) is 5.26 Å². The number of aliphatic imine (C=N–C) groups is 1. The van der Waals surface area contributed by atoms with Gasteiger partial charge < -0.3 is 20.4 Å². The standard InChI is InChI=1S/C25H26N10O/c1-3-22(36)30-18-4-5-20-21(8-18)24(35-13-16(9-26)14-35)33-32-23(20)34-7-6-19(15-34)31-25-28-11-17(10-27-2)12-29-25/h3-5,8,10-12,16,19H,1,6-7,13-15H2,2H3,(H,30,36)(H,28,29,31). The average molecular weight is 483 g/mol. The summed E-state index contributed by atoms with van der Waals surface area (Å²) in [4.78, 5) is 28.8. The number of rotatable bonds is 7. The Bertz CT molecular complexity index is 1360. The SMILES string of the molecule is C=CC(=O)Nc1ccc2c(N3CCC(Nc4ncc(C=NC)cn4)C3)nnc(N3CC(C#N)C3)c2c1. The molecule has 1 amide bonds. The summed E-state index contributed by atoms with van der Waals surface area (Å²) in [7, 11) is 1.71. The van der Waals surface area contributed by atoms with Gasteiger partial charge in [0.25, 0.3) is 0 Å². The molecule has 2 aliphatic heterocycles. The molecule has 0 spiro atoms. The van der Waals surface area contributed by atoms with Crippen molar-refractivity contribution in [3.63, 3.8) is 0 Å². The molecule has 0 bridgehead atoms. The Morgan fingerprint density at radius 3 is 2.61 bits per heavy atom. The molecular formula is C25H26N10O. The van der Waals surface area contributed by atoms with Crippen LogP contribution in [0.1, 0.15) is 12.0 Å². The van der Waals surface area contributed by atoms with Crippen molar-refractivity contribution in [1.82, 2.24) is 20.2 Å². The molecule has 182 valence electrons. The van der Waals surface area contributed by atoms with E-state index in [1.165, 1.54) is 6.08 Å². The second-order valence-corrected chi connectivity index (χ2v) is 8.84. The van der Waals surface area contributed by atoms with Gasteiger partial charge in [-0.05, 0) is 30.7 Å². The number of nitriles is 1. The highest BCUT2D eigenvalue weighted by Gasteiger charge is 2.31. The van der Waals surface area contributed by atoms with E-state index in [1.54, 1.807) is 25.7 Å². The van der Waals surface area contributed by atoms with Crippen molar-refractivity contribution in [1.29, 1.82) is 5.26 Å². The Balaban J connectivity index is 1.39. The Morgan fingerprint density at radius 2 is 1.92 bits per heavy atom. The fraction of sp³-hybridized carbons (Fsp3) is 0.320. The molecule has 2 N–H and O–H groups in total. The van der Waals surface area contributed by atoms with Gasteiger partial charge in [-0.3, -0.25) is 9.79 Å². The van der Waals surface area contributed by atoms with Crippen LogP contribution in [0.25, 0.3) is 10.8 Å². The number of nitrogens with zero attached hydrogens (tertiary/aromatic N) is 8. The number of amides is 1. The van der Waals surface area contributed by atoms with Crippen LogP contribution in [-0.4, -0.2) is 71.6 Å². The highest BCUT2D eigenvalue weighted by atomic mass is 16.1. The van der Waals surface area contributed by atoms with Gasteiger partial charge in [-0.15, -0.1) is 10.2 Å². The van der Waals surface area contributed by atoms with Gasteiger partial charge in [-0.1, -0.05) is 6.58 Å². The maximum Gasteiger partial charge on any atom is 0.247 e. The van der Waals surface area contributed by atoms with E-state index >= 15 is 0 Å². The van der Waals surface area contributed by atoms with Crippen molar-refractivity contribution >= 4 is 46.2 Å². The van der Waals surface area contributed by atoms with Crippen molar-refractivity contribution in [2.75, 3.05) is 53.7 Å². The Labute approximate surface area is 208 Å². The van der Waals surface area contributed by atoms with E-state index in [1.807, 2.05) is 23.1 Å². The third kappa shape index (κ3) is 4.65. The smallest absolute Gasteiger partial charge is 0.247 e. The van der Waals surface area contributed by atoms with Gasteiger partial charge >= 0.3 is 0 Å². The van der Waals surface area contributed by atoms with E-state index < -0.39 is 0 Å². The molecule has 36 heavy (non-hydrogen) atoms. The molecule has 11 heteroatoms. The second kappa shape index (κ2) is 9.95. The number of hydrogen-bond donors (Lipinski definition) is 2. The average Bonchev–Trinajstić information content (AvgIpc) is 3.33. The fourth-order valence-corrected chi connectivity index (χ4v) is 4.48. The largest absolute Gasteiger partial charge is 0.352 e. The van der Waals surface area contributed by atoms with Crippen LogP contribution in [0.3, 0.4) is 0 Å². The van der Waals surface area contributed by atoms with Gasteiger partial charge in [0.15, 0.2) is 11.6 Å². The molecule has 4 heterocycles. The first-order valence-corrected chi connectivity index (χ1v) is 11.7. The monoisotopic (exact) mass is 482 g/mol. The maximum absolute atomic E-state index is 11.9. The van der Waals surface area contributed by atoms with Crippen molar-refractivity contribution in [3.05, 3.63) is 48.8 Å². The first kappa shape index (κ1) is 23.2. The van der Waals surface area contributed by atoms with E-state index in [2.05, 4.69) is 53.3 Å². The molecule has 0 aliphatic carbocycles. The topological polar surface area (TPSA) is 135 Å². The molecule has 0 radical (unpaired) electrons. The lowest BCUT2D eigenvalue weighted by Crippen LogP contribution is -2.46. The Morgan fingerprint density at radius 1 is 1.17 bits per heavy atom. The molecule has 11 nitrogen and oxygen atoms in total. The maximum atomic E-state index is 11.9. The quantitative estimate of drug-likeness (QED) is 0.384. The number of carbonyl (C=O) groups excluding carboxylic acids is 1. The van der Waals surface area contributed by atoms with Gasteiger partial charge in [0.1, 0.15) is 0 Å². The number of anilines is 4. The minimum atomic E-state index is -0.280. The van der Waals surface area contributed by atoms with Crippen molar-refractivity contribution in [3.8, 4) is 6.07 Å². The predicted molar refractivity (Wildman–Crippen MR) is 139 cm³/mol. The summed E-state index contributed by atoms with van der Waals surface area (Å²) in [6.07, 6.45) is 7.32. The minimum absolute atomic E-state index is 0.0128. The van der Waals surface area contributed by atoms with E-state index in [0.29, 0.717) is 30.5 Å². The molecule has 1 atom stereocenters. The molecule has 2 fully saturated rings. The molecule has 5 rings (SSSR count). The van der Waals surface area contributed by atoms with Crippen LogP contribution in [0.4, 0.5) is 23.3 Å². The first-order valence-electron chi connectivity index (χ1n) is 11.7. The number of fused-ring (bicyclic) bond motifs is 1. The van der Waals surface area contributed by atoms with Crippen molar-refractivity contribution < 1.29 is 4.79 Å². The number of aromatic nitrogens is 4. The first-order chi connectivity index (χ1) is 17.6. The fourth-order valence-electron chi connectivity index (χ4n) is 4.48. The van der Waals surface area contributed by atoms with Crippen molar-refractivity contribution in [2.24, 2.45) is 10.9 Å². The van der Waals surface area contributed by atoms with Crippen LogP contribution < -0.4 is 20.4 Å². The van der Waals surface area contributed by atoms with Gasteiger partial charge in [0.2, 0.25) is 11.9 Å². The summed E-state index contributed by atoms with van der Waals surface area (Å²) < 4.78 is 0. The summed E-state index contributed by atoms with van der Waals surface area (Å²) in [5.74, 6) is 1.78. The second-order valence-electron chi connectivity index (χ2n) is 8.84. The highest BCUT2D eigenvalue weighted by Crippen LogP contribution is 2.36. The molecule has 2 aromatic heterocycles. The van der Waals surface area contributed by atoms with Gasteiger partial charge in [-0.25, -0.2) is 9.97 Å². The lowest BCUT2D eigenvalue weighted by molar-refractivity contribution is -0.111. The van der Waals surface area contributed by atoms with E-state index in [0.717, 1.165) is 41.7 Å². The lowest BCUT2D eigenvalue weighted by atomic mass is 10.0. The zero-order valence-electron chi connectivity index (χ0n) is 19.9. The lowest BCUT2D eigenvalue weighted by Gasteiger charge is -2.36. The number of hydrogen-bond acceptors (Lipinski definition) is 10. The highest BCUT2D eigenvalue weighted by molar-refractivity contribution is 6.04. The summed E-state index contributed by atoms with van der Waals surface area (Å²) in [5.41, 5.74) is 1.50. The van der Waals surface area contributed by atoms with Crippen LogP contribution in [0.2, 0.25) is 0 Å². The summed E-state index contributed by atoms with van der Waals surface area (Å²) in [5, 5.41) is 26.4. The van der Waals surface area contributed by atoms with Gasteiger partial charge in [0, 0.05) is 79.9 Å². The molecule has 1 unspecified atom stereocenters. The summed E-state index contributed by atoms with van der Waals surface area (Å²) in [6, 6.07) is 8.17. The predicted octanol–water partition coefficient (Wildman–Crippen LogP) is 2.24. The van der Waals surface area contributed by atoms with E-state index in [9.17, 15) is 10.1 Å². The summed E-state index contributed by atoms with van der Waals surface area (Å²) >= 11 is 0. The Kier molecular flexibility index (Phi) is 6.40. The normalized spacial score (nSPS) is 17.7. The third-order valence-electron chi connectivity index (χ3n) is 6.33. The molecule has 3 aromatic rings. The molecule has 2 aliphatic rings.